The van der Waals surface area contributed by atoms with Crippen LogP contribution >= 0.6 is 15.9 Å². The molecule has 5 rings (SSSR count). The van der Waals surface area contributed by atoms with Gasteiger partial charge in [0.15, 0.2) is 23.1 Å². The third kappa shape index (κ3) is 5.12. The van der Waals surface area contributed by atoms with E-state index in [1.807, 2.05) is 42.5 Å². The molecule has 0 N–H and O–H groups in total. The summed E-state index contributed by atoms with van der Waals surface area (Å²) in [5.74, 6) is 1.10. The fourth-order valence-electron chi connectivity index (χ4n) is 5.73. The number of benzene rings is 2. The highest BCUT2D eigenvalue weighted by atomic mass is 79.9. The molecule has 0 fully saturated rings. The number of methoxy groups -OCH3 is 2. The lowest BCUT2D eigenvalue weighted by molar-refractivity contribution is -0.117. The first kappa shape index (κ1) is 25.7. The molecule has 194 valence electrons. The van der Waals surface area contributed by atoms with Gasteiger partial charge in [-0.1, -0.05) is 34.1 Å². The average Bonchev–Trinajstić information content (AvgIpc) is 2.91. The second-order valence-corrected chi connectivity index (χ2v) is 10.6. The number of ether oxygens (including phenoxy) is 3. The van der Waals surface area contributed by atoms with Crippen LogP contribution in [-0.4, -0.2) is 43.8 Å². The van der Waals surface area contributed by atoms with Crippen molar-refractivity contribution in [3.05, 3.63) is 80.6 Å². The average molecular weight is 566 g/mol. The molecular formula is C30H32BrNO5. The van der Waals surface area contributed by atoms with Gasteiger partial charge in [0, 0.05) is 59.4 Å². The second kappa shape index (κ2) is 11.2. The van der Waals surface area contributed by atoms with Gasteiger partial charge in [-0.15, -0.1) is 0 Å². The van der Waals surface area contributed by atoms with Crippen molar-refractivity contribution in [1.82, 2.24) is 4.90 Å². The Bertz CT molecular complexity index is 1220. The lowest BCUT2D eigenvalue weighted by Gasteiger charge is -2.44. The monoisotopic (exact) mass is 565 g/mol. The van der Waals surface area contributed by atoms with E-state index in [1.165, 1.54) is 0 Å². The largest absolute Gasteiger partial charge is 0.493 e. The number of carbonyl (C=O) groups excluding carboxylic acids is 2. The summed E-state index contributed by atoms with van der Waals surface area (Å²) in [6, 6.07) is 13.8. The maximum Gasteiger partial charge on any atom is 0.161 e. The molecule has 7 heteroatoms. The van der Waals surface area contributed by atoms with Gasteiger partial charge in [0.05, 0.1) is 13.7 Å². The summed E-state index contributed by atoms with van der Waals surface area (Å²) in [7, 11) is 3.30. The SMILES string of the molecule is COCCN1C2=C(C(=O)CCC2)C(c2ccc(OCc3ccc(Br)cc3)c(OC)c2)C2=C1CCCC2=O. The number of hydrogen-bond acceptors (Lipinski definition) is 6. The first-order valence-corrected chi connectivity index (χ1v) is 13.6. The van der Waals surface area contributed by atoms with Crippen molar-refractivity contribution in [1.29, 1.82) is 0 Å². The summed E-state index contributed by atoms with van der Waals surface area (Å²) in [6.07, 6.45) is 4.34. The van der Waals surface area contributed by atoms with Gasteiger partial charge in [-0.2, -0.15) is 0 Å². The molecule has 2 aromatic carbocycles. The molecule has 2 aliphatic carbocycles. The molecule has 0 saturated carbocycles. The van der Waals surface area contributed by atoms with E-state index >= 15 is 0 Å². The third-order valence-electron chi connectivity index (χ3n) is 7.43. The quantitative estimate of drug-likeness (QED) is 0.385. The predicted molar refractivity (Wildman–Crippen MR) is 145 cm³/mol. The zero-order valence-electron chi connectivity index (χ0n) is 21.3. The Labute approximate surface area is 226 Å². The Morgan fingerprint density at radius 1 is 0.865 bits per heavy atom. The van der Waals surface area contributed by atoms with Crippen LogP contribution in [0.2, 0.25) is 0 Å². The highest BCUT2D eigenvalue weighted by molar-refractivity contribution is 9.10. The highest BCUT2D eigenvalue weighted by Gasteiger charge is 2.43. The summed E-state index contributed by atoms with van der Waals surface area (Å²) in [4.78, 5) is 29.0. The van der Waals surface area contributed by atoms with Gasteiger partial charge in [0.2, 0.25) is 0 Å². The molecule has 0 bridgehead atoms. The molecule has 0 amide bonds. The van der Waals surface area contributed by atoms with Crippen LogP contribution in [0.4, 0.5) is 0 Å². The van der Waals surface area contributed by atoms with Gasteiger partial charge in [-0.05, 0) is 61.1 Å². The molecule has 0 saturated heterocycles. The fourth-order valence-corrected chi connectivity index (χ4v) is 5.99. The van der Waals surface area contributed by atoms with Gasteiger partial charge < -0.3 is 19.1 Å². The van der Waals surface area contributed by atoms with E-state index in [0.717, 1.165) is 63.8 Å². The van der Waals surface area contributed by atoms with Gasteiger partial charge in [-0.3, -0.25) is 9.59 Å². The molecule has 2 aromatic rings. The lowest BCUT2D eigenvalue weighted by atomic mass is 9.71. The topological polar surface area (TPSA) is 65.1 Å². The number of halogens is 1. The van der Waals surface area contributed by atoms with Gasteiger partial charge in [0.25, 0.3) is 0 Å². The van der Waals surface area contributed by atoms with E-state index in [-0.39, 0.29) is 17.5 Å². The van der Waals surface area contributed by atoms with Crippen LogP contribution in [-0.2, 0) is 20.9 Å². The first-order valence-electron chi connectivity index (χ1n) is 12.9. The molecular weight excluding hydrogens is 534 g/mol. The standard InChI is InChI=1S/C30H32BrNO5/c1-35-16-15-32-22-5-3-7-24(33)29(22)28(30-23(32)6-4-8-25(30)34)20-11-14-26(27(17-20)36-2)37-18-19-9-12-21(31)13-10-19/h9-14,17,28H,3-8,15-16,18H2,1-2H3. The third-order valence-corrected chi connectivity index (χ3v) is 7.96. The zero-order valence-corrected chi connectivity index (χ0v) is 22.9. The first-order chi connectivity index (χ1) is 18.0. The minimum absolute atomic E-state index is 0.133. The van der Waals surface area contributed by atoms with Crippen LogP contribution < -0.4 is 9.47 Å². The van der Waals surface area contributed by atoms with Crippen molar-refractivity contribution in [2.45, 2.75) is 51.0 Å². The van der Waals surface area contributed by atoms with Crippen molar-refractivity contribution < 1.29 is 23.8 Å². The highest BCUT2D eigenvalue weighted by Crippen LogP contribution is 2.50. The normalized spacial score (nSPS) is 18.2. The van der Waals surface area contributed by atoms with Crippen LogP contribution in [0.5, 0.6) is 11.5 Å². The molecule has 0 atom stereocenters. The second-order valence-electron chi connectivity index (χ2n) is 9.68. The summed E-state index contributed by atoms with van der Waals surface area (Å²) >= 11 is 3.46. The van der Waals surface area contributed by atoms with Gasteiger partial charge in [-0.25, -0.2) is 0 Å². The molecule has 1 heterocycles. The summed E-state index contributed by atoms with van der Waals surface area (Å²) < 4.78 is 18.2. The summed E-state index contributed by atoms with van der Waals surface area (Å²) in [6.45, 7) is 1.59. The molecule has 0 unspecified atom stereocenters. The van der Waals surface area contributed by atoms with Gasteiger partial charge >= 0.3 is 0 Å². The number of rotatable bonds is 8. The number of ketones is 2. The van der Waals surface area contributed by atoms with E-state index in [4.69, 9.17) is 14.2 Å². The van der Waals surface area contributed by atoms with Crippen LogP contribution in [0.25, 0.3) is 0 Å². The van der Waals surface area contributed by atoms with Gasteiger partial charge in [0.1, 0.15) is 6.61 Å². The van der Waals surface area contributed by atoms with E-state index in [0.29, 0.717) is 44.1 Å². The molecule has 0 aromatic heterocycles. The molecule has 0 radical (unpaired) electrons. The Hall–Kier alpha value is -2.90. The smallest absolute Gasteiger partial charge is 0.161 e. The minimum atomic E-state index is -0.376. The molecule has 3 aliphatic rings. The number of hydrogen-bond donors (Lipinski definition) is 0. The van der Waals surface area contributed by atoms with Crippen LogP contribution in [0.15, 0.2) is 69.5 Å². The molecule has 1 aliphatic heterocycles. The number of carbonyl (C=O) groups is 2. The van der Waals surface area contributed by atoms with Crippen molar-refractivity contribution >= 4 is 27.5 Å². The van der Waals surface area contributed by atoms with E-state index in [1.54, 1.807) is 14.2 Å². The molecule has 0 spiro atoms. The number of nitrogens with zero attached hydrogens (tertiary/aromatic N) is 1. The van der Waals surface area contributed by atoms with Crippen molar-refractivity contribution in [3.63, 3.8) is 0 Å². The zero-order chi connectivity index (χ0) is 25.9. The van der Waals surface area contributed by atoms with Crippen LogP contribution in [0, 0.1) is 0 Å². The van der Waals surface area contributed by atoms with E-state index in [9.17, 15) is 9.59 Å². The molecule has 37 heavy (non-hydrogen) atoms. The summed E-state index contributed by atoms with van der Waals surface area (Å²) in [5, 5.41) is 0. The number of Topliss-reactive ketones (excluding diaryl/α,β-unsaturated/α-hetero) is 2. The maximum atomic E-state index is 13.4. The number of allylic oxidation sites excluding steroid dienone is 4. The van der Waals surface area contributed by atoms with Crippen LogP contribution in [0.3, 0.4) is 0 Å². The Kier molecular flexibility index (Phi) is 7.81. The summed E-state index contributed by atoms with van der Waals surface area (Å²) in [5.41, 5.74) is 5.58. The van der Waals surface area contributed by atoms with Crippen LogP contribution in [0.1, 0.15) is 55.6 Å². The Morgan fingerprint density at radius 2 is 1.51 bits per heavy atom. The Balaban J connectivity index is 1.54. The maximum absolute atomic E-state index is 13.4. The van der Waals surface area contributed by atoms with Crippen molar-refractivity contribution in [2.75, 3.05) is 27.4 Å². The Morgan fingerprint density at radius 3 is 2.11 bits per heavy atom. The lowest BCUT2D eigenvalue weighted by Crippen LogP contribution is -2.40. The van der Waals surface area contributed by atoms with E-state index in [2.05, 4.69) is 20.8 Å². The predicted octanol–water partition coefficient (Wildman–Crippen LogP) is 6.10. The molecule has 6 nitrogen and oxygen atoms in total. The van der Waals surface area contributed by atoms with E-state index < -0.39 is 0 Å². The van der Waals surface area contributed by atoms with Crippen molar-refractivity contribution in [2.24, 2.45) is 0 Å². The fraction of sp³-hybridized carbons (Fsp3) is 0.400. The minimum Gasteiger partial charge on any atom is -0.493 e. The van der Waals surface area contributed by atoms with Crippen molar-refractivity contribution in [3.8, 4) is 11.5 Å².